The Morgan fingerprint density at radius 2 is 1.22 bits per heavy atom. The van der Waals surface area contributed by atoms with Crippen LogP contribution < -0.4 is 56.7 Å². The quantitative estimate of drug-likeness (QED) is 0.132. The van der Waals surface area contributed by atoms with Gasteiger partial charge < -0.3 is 21.0 Å². The van der Waals surface area contributed by atoms with Gasteiger partial charge in [-0.3, -0.25) is 9.59 Å². The summed E-state index contributed by atoms with van der Waals surface area (Å²) in [5.74, 6) is -1.79. The van der Waals surface area contributed by atoms with E-state index in [9.17, 15) is 52.8 Å². The van der Waals surface area contributed by atoms with Crippen LogP contribution in [-0.2, 0) is 41.0 Å². The van der Waals surface area contributed by atoms with E-state index >= 15 is 0 Å². The third-order valence-corrected chi connectivity index (χ3v) is 8.20. The zero-order chi connectivity index (χ0) is 33.6. The number of carbonyl (C=O) groups is 2. The zero-order valence-corrected chi connectivity index (χ0v) is 30.8. The van der Waals surface area contributed by atoms with Crippen molar-refractivity contribution in [3.63, 3.8) is 0 Å². The molecular formula is C24H31Cl2F6KN2O9S2. The zero-order valence-electron chi connectivity index (χ0n) is 24.5. The first kappa shape index (κ1) is 51.8. The summed E-state index contributed by atoms with van der Waals surface area (Å²) in [4.78, 5) is 19.2. The van der Waals surface area contributed by atoms with Crippen molar-refractivity contribution in [1.82, 2.24) is 9.62 Å². The Morgan fingerprint density at radius 3 is 1.59 bits per heavy atom. The number of halogens is 8. The Bertz CT molecular complexity index is 1430. The summed E-state index contributed by atoms with van der Waals surface area (Å²) in [6.45, 7) is 0.692. The molecule has 2 rings (SSSR count). The Morgan fingerprint density at radius 1 is 0.826 bits per heavy atom. The van der Waals surface area contributed by atoms with Crippen molar-refractivity contribution in [3.05, 3.63) is 59.7 Å². The van der Waals surface area contributed by atoms with Crippen LogP contribution in [0.1, 0.15) is 36.8 Å². The van der Waals surface area contributed by atoms with Gasteiger partial charge in [-0.1, -0.05) is 12.1 Å². The minimum atomic E-state index is -4.63. The molecule has 0 aliphatic rings. The fourth-order valence-electron chi connectivity index (χ4n) is 2.83. The number of hydrogen-bond donors (Lipinski definition) is 3. The van der Waals surface area contributed by atoms with E-state index in [1.165, 1.54) is 7.05 Å². The van der Waals surface area contributed by atoms with Gasteiger partial charge in [0.05, 0.1) is 20.9 Å². The number of sulfonamides is 1. The molecule has 0 heterocycles. The van der Waals surface area contributed by atoms with Crippen LogP contribution in [0.5, 0.6) is 0 Å². The largest absolute Gasteiger partial charge is 1.00 e. The van der Waals surface area contributed by atoms with Gasteiger partial charge in [0.2, 0.25) is 10.0 Å². The molecule has 46 heavy (non-hydrogen) atoms. The molecule has 2 aromatic rings. The molecule has 0 aliphatic carbocycles. The molecule has 4 N–H and O–H groups in total. The number of benzene rings is 2. The van der Waals surface area contributed by atoms with Crippen LogP contribution in [0.15, 0.2) is 58.3 Å². The van der Waals surface area contributed by atoms with Gasteiger partial charge >= 0.3 is 75.7 Å². The van der Waals surface area contributed by atoms with Crippen LogP contribution in [0.25, 0.3) is 0 Å². The Hall–Kier alpha value is -1.04. The average Bonchev–Trinajstić information content (AvgIpc) is 2.88. The number of nitrogens with one attached hydrogen (secondary N) is 1. The van der Waals surface area contributed by atoms with E-state index in [0.717, 1.165) is 47.2 Å². The van der Waals surface area contributed by atoms with Crippen LogP contribution in [-0.4, -0.2) is 76.0 Å². The number of hydrogen-bond acceptors (Lipinski definition) is 8. The second kappa shape index (κ2) is 23.3. The van der Waals surface area contributed by atoms with Crippen LogP contribution in [0.4, 0.5) is 26.3 Å². The number of aliphatic carboxylic acids is 2. The monoisotopic (exact) mass is 778 g/mol. The number of carboxylic acids is 2. The molecule has 0 radical (unpaired) electrons. The maximum absolute atomic E-state index is 12.6. The molecule has 2 aromatic carbocycles. The predicted octanol–water partition coefficient (Wildman–Crippen LogP) is 2.14. The van der Waals surface area contributed by atoms with Gasteiger partial charge in [-0.05, 0) is 62.8 Å². The molecule has 22 heteroatoms. The Labute approximate surface area is 315 Å². The van der Waals surface area contributed by atoms with Gasteiger partial charge in [-0.2, -0.15) is 26.3 Å². The standard InChI is InChI=1S/C12H14F3NO4S.C7H4ClF3O2S.C5H11NO2.ClH.K.H2O/c1-16(7-3-6-11(17)18)21(19,20)10-5-2-4-9(8-10)12(13,14)15;8-14(12,13)6-3-1-2-5(4-6)7(9,10)11;1-6-4-2-3-5(7)8;;;/h2,4-5,8H,3,6-7H2,1H3,(H,17,18);1-4H;6H,2-4H2,1H3,(H,7,8);1H;;1H2/q;;;;+1;/p-1. The second-order valence-electron chi connectivity index (χ2n) is 8.41. The molecule has 0 bridgehead atoms. The molecule has 0 aromatic heterocycles. The van der Waals surface area contributed by atoms with Gasteiger partial charge in [0.25, 0.3) is 9.05 Å². The first-order valence-corrected chi connectivity index (χ1v) is 15.6. The Kier molecular flexibility index (Phi) is 26.3. The normalized spacial score (nSPS) is 11.3. The molecule has 0 saturated carbocycles. The van der Waals surface area contributed by atoms with Crippen molar-refractivity contribution < 1.29 is 120 Å². The SMILES string of the molecule is CN(CCCC(=O)O)S(=O)(=O)c1cccc(C(F)(F)F)c1.CNCCCC(=O)O.Cl.O=S(=O)(Cl)c1cccc(C(F)(F)F)c1.[K+].[OH-]. The fraction of sp³-hybridized carbons (Fsp3) is 0.417. The third kappa shape index (κ3) is 21.0. The first-order valence-electron chi connectivity index (χ1n) is 11.9. The van der Waals surface area contributed by atoms with Gasteiger partial charge in [0.15, 0.2) is 0 Å². The smallest absolute Gasteiger partial charge is 0.870 e. The summed E-state index contributed by atoms with van der Waals surface area (Å²) in [6.07, 6.45) is -8.37. The van der Waals surface area contributed by atoms with Crippen LogP contribution >= 0.6 is 23.1 Å². The van der Waals surface area contributed by atoms with E-state index in [0.29, 0.717) is 18.6 Å². The summed E-state index contributed by atoms with van der Waals surface area (Å²) in [5.41, 5.74) is -2.10. The van der Waals surface area contributed by atoms with E-state index in [4.69, 9.17) is 20.9 Å². The maximum Gasteiger partial charge on any atom is 1.00 e. The van der Waals surface area contributed by atoms with E-state index in [1.807, 2.05) is 7.05 Å². The van der Waals surface area contributed by atoms with Crippen molar-refractivity contribution in [2.24, 2.45) is 0 Å². The topological polar surface area (TPSA) is 188 Å². The number of carboxylic acid groups (broad SMARTS) is 2. The second-order valence-corrected chi connectivity index (χ2v) is 13.0. The van der Waals surface area contributed by atoms with E-state index < -0.39 is 64.3 Å². The summed E-state index contributed by atoms with van der Waals surface area (Å²) in [7, 11) is -0.308. The Balaban J connectivity index is -0.000000307. The third-order valence-electron chi connectivity index (χ3n) is 4.99. The summed E-state index contributed by atoms with van der Waals surface area (Å²) in [5, 5.41) is 19.5. The molecular weight excluding hydrogens is 748 g/mol. The summed E-state index contributed by atoms with van der Waals surface area (Å²) >= 11 is 0. The first-order chi connectivity index (χ1) is 19.5. The van der Waals surface area contributed by atoms with Crippen molar-refractivity contribution in [2.75, 3.05) is 27.2 Å². The van der Waals surface area contributed by atoms with Gasteiger partial charge in [0, 0.05) is 37.1 Å². The van der Waals surface area contributed by atoms with Crippen LogP contribution in [0.2, 0.25) is 0 Å². The van der Waals surface area contributed by atoms with Gasteiger partial charge in [0.1, 0.15) is 0 Å². The molecule has 0 aliphatic heterocycles. The molecule has 11 nitrogen and oxygen atoms in total. The number of nitrogens with zero attached hydrogens (tertiary/aromatic N) is 1. The average molecular weight is 780 g/mol. The molecule has 0 unspecified atom stereocenters. The van der Waals surface area contributed by atoms with Crippen LogP contribution in [0, 0.1) is 0 Å². The minimum Gasteiger partial charge on any atom is -0.870 e. The number of rotatable bonds is 11. The van der Waals surface area contributed by atoms with Gasteiger partial charge in [-0.25, -0.2) is 21.1 Å². The molecule has 0 saturated heterocycles. The van der Waals surface area contributed by atoms with Crippen molar-refractivity contribution in [1.29, 1.82) is 0 Å². The van der Waals surface area contributed by atoms with Crippen molar-refractivity contribution >= 4 is 54.1 Å². The fourth-order valence-corrected chi connectivity index (χ4v) is 4.88. The van der Waals surface area contributed by atoms with Crippen molar-refractivity contribution in [2.45, 2.75) is 47.8 Å². The van der Waals surface area contributed by atoms with E-state index in [1.54, 1.807) is 0 Å². The minimum absolute atomic E-state index is 0. The summed E-state index contributed by atoms with van der Waals surface area (Å²) < 4.78 is 121. The van der Waals surface area contributed by atoms with E-state index in [-0.39, 0.29) is 95.1 Å². The number of alkyl halides is 6. The summed E-state index contributed by atoms with van der Waals surface area (Å²) in [6, 6.07) is 6.66. The maximum atomic E-state index is 12.6. The molecule has 0 atom stereocenters. The van der Waals surface area contributed by atoms with Crippen molar-refractivity contribution in [3.8, 4) is 0 Å². The van der Waals surface area contributed by atoms with Crippen LogP contribution in [0.3, 0.4) is 0 Å². The van der Waals surface area contributed by atoms with Gasteiger partial charge in [-0.15, -0.1) is 12.4 Å². The molecule has 260 valence electrons. The predicted molar refractivity (Wildman–Crippen MR) is 153 cm³/mol. The molecule has 0 fully saturated rings. The van der Waals surface area contributed by atoms with E-state index in [2.05, 4.69) is 5.32 Å². The molecule has 0 spiro atoms. The molecule has 0 amide bonds.